The van der Waals surface area contributed by atoms with Crippen molar-refractivity contribution in [3.63, 3.8) is 0 Å². The zero-order valence-corrected chi connectivity index (χ0v) is 15.6. The van der Waals surface area contributed by atoms with E-state index < -0.39 is 0 Å². The third kappa shape index (κ3) is 3.38. The molecule has 0 aliphatic heterocycles. The van der Waals surface area contributed by atoms with Crippen LogP contribution in [0, 0.1) is 11.3 Å². The number of hydrogen-bond acceptors (Lipinski definition) is 4. The van der Waals surface area contributed by atoms with Crippen molar-refractivity contribution in [1.82, 2.24) is 14.8 Å². The number of aryl methyl sites for hydroxylation is 2. The van der Waals surface area contributed by atoms with Crippen LogP contribution in [0.3, 0.4) is 0 Å². The second-order valence-corrected chi connectivity index (χ2v) is 7.60. The fourth-order valence-electron chi connectivity index (χ4n) is 3.39. The summed E-state index contributed by atoms with van der Waals surface area (Å²) < 4.78 is 2.07. The summed E-state index contributed by atoms with van der Waals surface area (Å²) in [5.41, 5.74) is 5.95. The van der Waals surface area contributed by atoms with Crippen molar-refractivity contribution in [3.05, 3.63) is 64.7 Å². The van der Waals surface area contributed by atoms with Gasteiger partial charge < -0.3 is 4.57 Å². The number of benzene rings is 2. The minimum atomic E-state index is 0.687. The standard InChI is InChI=1S/C21H20N4S/c1-25-20(19-11-10-17-4-2-3-5-18(17)12-19)23-24-21(25)26-14-16-8-6-15(13-22)7-9-16/h6-12H,2-5,14H2,1H3. The van der Waals surface area contributed by atoms with Crippen LogP contribution in [-0.4, -0.2) is 14.8 Å². The van der Waals surface area contributed by atoms with Gasteiger partial charge in [-0.2, -0.15) is 5.26 Å². The van der Waals surface area contributed by atoms with Gasteiger partial charge in [-0.15, -0.1) is 10.2 Å². The van der Waals surface area contributed by atoms with Gasteiger partial charge in [0.25, 0.3) is 0 Å². The molecule has 0 amide bonds. The number of hydrogen-bond donors (Lipinski definition) is 0. The molecule has 2 aromatic carbocycles. The molecule has 0 spiro atoms. The molecule has 0 saturated heterocycles. The van der Waals surface area contributed by atoms with Crippen molar-refractivity contribution >= 4 is 11.8 Å². The Kier molecular flexibility index (Phi) is 4.77. The van der Waals surface area contributed by atoms with Crippen LogP contribution in [0.4, 0.5) is 0 Å². The van der Waals surface area contributed by atoms with E-state index >= 15 is 0 Å². The van der Waals surface area contributed by atoms with Crippen LogP contribution in [0.1, 0.15) is 35.1 Å². The van der Waals surface area contributed by atoms with E-state index in [-0.39, 0.29) is 0 Å². The molecule has 130 valence electrons. The molecule has 1 aliphatic carbocycles. The largest absolute Gasteiger partial charge is 0.305 e. The van der Waals surface area contributed by atoms with Gasteiger partial charge in [0.1, 0.15) is 0 Å². The van der Waals surface area contributed by atoms with Crippen LogP contribution < -0.4 is 0 Å². The Morgan fingerprint density at radius 3 is 2.58 bits per heavy atom. The average molecular weight is 360 g/mol. The minimum Gasteiger partial charge on any atom is -0.305 e. The van der Waals surface area contributed by atoms with Gasteiger partial charge in [0.05, 0.1) is 11.6 Å². The second-order valence-electron chi connectivity index (χ2n) is 6.65. The maximum absolute atomic E-state index is 8.88. The van der Waals surface area contributed by atoms with Gasteiger partial charge in [-0.05, 0) is 60.6 Å². The first-order valence-electron chi connectivity index (χ1n) is 8.88. The van der Waals surface area contributed by atoms with Gasteiger partial charge in [-0.25, -0.2) is 0 Å². The van der Waals surface area contributed by atoms with E-state index in [0.717, 1.165) is 22.3 Å². The molecule has 4 nitrogen and oxygen atoms in total. The molecule has 0 atom stereocenters. The van der Waals surface area contributed by atoms with Crippen LogP contribution in [0.15, 0.2) is 47.6 Å². The number of nitriles is 1. The van der Waals surface area contributed by atoms with Crippen LogP contribution in [0.25, 0.3) is 11.4 Å². The Hall–Kier alpha value is -2.58. The van der Waals surface area contributed by atoms with Gasteiger partial charge in [0.15, 0.2) is 11.0 Å². The van der Waals surface area contributed by atoms with Gasteiger partial charge in [0.2, 0.25) is 0 Å². The summed E-state index contributed by atoms with van der Waals surface area (Å²) in [6, 6.07) is 16.5. The lowest BCUT2D eigenvalue weighted by atomic mass is 9.90. The van der Waals surface area contributed by atoms with Crippen molar-refractivity contribution < 1.29 is 0 Å². The minimum absolute atomic E-state index is 0.687. The predicted octanol–water partition coefficient (Wildman–Crippen LogP) is 4.52. The maximum atomic E-state index is 8.88. The number of thioether (sulfide) groups is 1. The molecular formula is C21H20N4S. The lowest BCUT2D eigenvalue weighted by Gasteiger charge is -2.16. The average Bonchev–Trinajstić information content (AvgIpc) is 3.07. The van der Waals surface area contributed by atoms with E-state index in [1.165, 1.54) is 42.4 Å². The highest BCUT2D eigenvalue weighted by atomic mass is 32.2. The summed E-state index contributed by atoms with van der Waals surface area (Å²) in [7, 11) is 2.02. The van der Waals surface area contributed by atoms with Crippen molar-refractivity contribution in [1.29, 1.82) is 5.26 Å². The van der Waals surface area contributed by atoms with Gasteiger partial charge in [0, 0.05) is 18.4 Å². The smallest absolute Gasteiger partial charge is 0.191 e. The van der Waals surface area contributed by atoms with Crippen molar-refractivity contribution in [2.24, 2.45) is 7.05 Å². The quantitative estimate of drug-likeness (QED) is 0.642. The highest BCUT2D eigenvalue weighted by Crippen LogP contribution is 2.29. The number of nitrogens with zero attached hydrogens (tertiary/aromatic N) is 4. The van der Waals surface area contributed by atoms with E-state index in [2.05, 4.69) is 39.0 Å². The van der Waals surface area contributed by atoms with Gasteiger partial charge in [-0.1, -0.05) is 36.0 Å². The van der Waals surface area contributed by atoms with Crippen LogP contribution in [-0.2, 0) is 25.6 Å². The van der Waals surface area contributed by atoms with Crippen LogP contribution in [0.2, 0.25) is 0 Å². The number of fused-ring (bicyclic) bond motifs is 1. The highest BCUT2D eigenvalue weighted by Gasteiger charge is 2.15. The van der Waals surface area contributed by atoms with E-state index in [1.54, 1.807) is 11.8 Å². The topological polar surface area (TPSA) is 54.5 Å². The Morgan fingerprint density at radius 1 is 1.04 bits per heavy atom. The zero-order chi connectivity index (χ0) is 17.9. The summed E-state index contributed by atoms with van der Waals surface area (Å²) in [6.07, 6.45) is 4.94. The first kappa shape index (κ1) is 16.9. The normalized spacial score (nSPS) is 13.2. The monoisotopic (exact) mass is 360 g/mol. The Bertz CT molecular complexity index is 967. The number of aromatic nitrogens is 3. The lowest BCUT2D eigenvalue weighted by Crippen LogP contribution is -2.03. The zero-order valence-electron chi connectivity index (χ0n) is 14.8. The van der Waals surface area contributed by atoms with E-state index in [1.807, 2.05) is 31.3 Å². The van der Waals surface area contributed by atoms with Crippen molar-refractivity contribution in [2.45, 2.75) is 36.6 Å². The molecule has 0 fully saturated rings. The fourth-order valence-corrected chi connectivity index (χ4v) is 4.25. The van der Waals surface area contributed by atoms with Crippen LogP contribution >= 0.6 is 11.8 Å². The third-order valence-electron chi connectivity index (χ3n) is 4.89. The Labute approximate surface area is 157 Å². The molecule has 0 unspecified atom stereocenters. The fraction of sp³-hybridized carbons (Fsp3) is 0.286. The predicted molar refractivity (Wildman–Crippen MR) is 104 cm³/mol. The molecule has 1 aromatic heterocycles. The SMILES string of the molecule is Cn1c(SCc2ccc(C#N)cc2)nnc1-c1ccc2c(c1)CCCC2. The van der Waals surface area contributed by atoms with Gasteiger partial charge >= 0.3 is 0 Å². The summed E-state index contributed by atoms with van der Waals surface area (Å²) in [4.78, 5) is 0. The molecule has 0 bridgehead atoms. The molecule has 26 heavy (non-hydrogen) atoms. The molecule has 4 rings (SSSR count). The summed E-state index contributed by atoms with van der Waals surface area (Å²) in [5.74, 6) is 1.72. The Morgan fingerprint density at radius 2 is 1.81 bits per heavy atom. The molecule has 1 aliphatic rings. The molecular weight excluding hydrogens is 340 g/mol. The van der Waals surface area contributed by atoms with Gasteiger partial charge in [-0.3, -0.25) is 0 Å². The summed E-state index contributed by atoms with van der Waals surface area (Å²) >= 11 is 1.66. The molecule has 5 heteroatoms. The van der Waals surface area contributed by atoms with Crippen LogP contribution in [0.5, 0.6) is 0 Å². The maximum Gasteiger partial charge on any atom is 0.191 e. The summed E-state index contributed by atoms with van der Waals surface area (Å²) in [5, 5.41) is 18.6. The third-order valence-corrected chi connectivity index (χ3v) is 5.98. The van der Waals surface area contributed by atoms with E-state index in [0.29, 0.717) is 5.56 Å². The summed E-state index contributed by atoms with van der Waals surface area (Å²) in [6.45, 7) is 0. The lowest BCUT2D eigenvalue weighted by molar-refractivity contribution is 0.685. The molecule has 0 N–H and O–H groups in total. The molecule has 1 heterocycles. The molecule has 3 aromatic rings. The molecule has 0 radical (unpaired) electrons. The molecule has 0 saturated carbocycles. The van der Waals surface area contributed by atoms with E-state index in [4.69, 9.17) is 5.26 Å². The van der Waals surface area contributed by atoms with E-state index in [9.17, 15) is 0 Å². The highest BCUT2D eigenvalue weighted by molar-refractivity contribution is 7.98. The first-order chi connectivity index (χ1) is 12.7. The van der Waals surface area contributed by atoms with Crippen molar-refractivity contribution in [3.8, 4) is 17.5 Å². The first-order valence-corrected chi connectivity index (χ1v) is 9.86. The second kappa shape index (κ2) is 7.35. The van der Waals surface area contributed by atoms with Crippen molar-refractivity contribution in [2.75, 3.05) is 0 Å². The Balaban J connectivity index is 1.51. The number of rotatable bonds is 4.